The van der Waals surface area contributed by atoms with Crippen molar-refractivity contribution in [2.75, 3.05) is 39.3 Å². The van der Waals surface area contributed by atoms with Crippen molar-refractivity contribution in [2.45, 2.75) is 25.7 Å². The Morgan fingerprint density at radius 1 is 1.09 bits per heavy atom. The van der Waals surface area contributed by atoms with Crippen molar-refractivity contribution in [1.29, 1.82) is 0 Å². The van der Waals surface area contributed by atoms with Gasteiger partial charge in [-0.25, -0.2) is 0 Å². The van der Waals surface area contributed by atoms with E-state index in [-0.39, 0.29) is 0 Å². The van der Waals surface area contributed by atoms with Crippen LogP contribution in [0.25, 0.3) is 0 Å². The molecule has 1 aliphatic heterocycles. The average molecular weight is 381 g/mol. The highest BCUT2D eigenvalue weighted by molar-refractivity contribution is 9.10. The van der Waals surface area contributed by atoms with Crippen molar-refractivity contribution in [2.24, 2.45) is 5.92 Å². The number of hydrogen-bond acceptors (Lipinski definition) is 3. The SMILES string of the molecule is O=C(C1CCCC1)N1CCN(CCOc2ccc(Br)cc2)CC1. The maximum absolute atomic E-state index is 12.4. The average Bonchev–Trinajstić information content (AvgIpc) is 3.11. The number of benzene rings is 1. The number of nitrogens with zero attached hydrogens (tertiary/aromatic N) is 2. The van der Waals surface area contributed by atoms with Gasteiger partial charge in [0.15, 0.2) is 0 Å². The fourth-order valence-electron chi connectivity index (χ4n) is 3.45. The molecule has 0 spiro atoms. The van der Waals surface area contributed by atoms with Gasteiger partial charge in [0.2, 0.25) is 5.91 Å². The smallest absolute Gasteiger partial charge is 0.225 e. The molecule has 0 unspecified atom stereocenters. The molecule has 0 N–H and O–H groups in total. The van der Waals surface area contributed by atoms with Crippen LogP contribution in [0.5, 0.6) is 5.75 Å². The normalized spacial score (nSPS) is 20.0. The Kier molecular flexibility index (Phi) is 5.95. The van der Waals surface area contributed by atoms with Crippen LogP contribution < -0.4 is 4.74 Å². The summed E-state index contributed by atoms with van der Waals surface area (Å²) in [7, 11) is 0. The third-order valence-corrected chi connectivity index (χ3v) is 5.41. The van der Waals surface area contributed by atoms with E-state index < -0.39 is 0 Å². The molecule has 4 nitrogen and oxygen atoms in total. The second kappa shape index (κ2) is 8.15. The molecule has 23 heavy (non-hydrogen) atoms. The second-order valence-corrected chi connectivity index (χ2v) is 7.37. The Labute approximate surface area is 146 Å². The van der Waals surface area contributed by atoms with E-state index in [4.69, 9.17) is 4.74 Å². The monoisotopic (exact) mass is 380 g/mol. The van der Waals surface area contributed by atoms with Gasteiger partial charge in [0, 0.05) is 43.1 Å². The first-order valence-corrected chi connectivity index (χ1v) is 9.41. The Balaban J connectivity index is 1.36. The third-order valence-electron chi connectivity index (χ3n) is 4.88. The Morgan fingerprint density at radius 3 is 2.39 bits per heavy atom. The second-order valence-electron chi connectivity index (χ2n) is 6.45. The van der Waals surface area contributed by atoms with Gasteiger partial charge >= 0.3 is 0 Å². The third kappa shape index (κ3) is 4.70. The van der Waals surface area contributed by atoms with Crippen molar-refractivity contribution in [3.05, 3.63) is 28.7 Å². The van der Waals surface area contributed by atoms with E-state index in [1.54, 1.807) is 0 Å². The topological polar surface area (TPSA) is 32.8 Å². The van der Waals surface area contributed by atoms with Gasteiger partial charge < -0.3 is 9.64 Å². The minimum absolute atomic E-state index is 0.308. The van der Waals surface area contributed by atoms with Crippen LogP contribution in [0, 0.1) is 5.92 Å². The fraction of sp³-hybridized carbons (Fsp3) is 0.611. The van der Waals surface area contributed by atoms with E-state index >= 15 is 0 Å². The number of carbonyl (C=O) groups excluding carboxylic acids is 1. The van der Waals surface area contributed by atoms with Crippen LogP contribution in [0.4, 0.5) is 0 Å². The number of amides is 1. The summed E-state index contributed by atoms with van der Waals surface area (Å²) in [5.74, 6) is 1.61. The number of ether oxygens (including phenoxy) is 1. The molecule has 126 valence electrons. The van der Waals surface area contributed by atoms with Crippen LogP contribution in [-0.2, 0) is 4.79 Å². The molecule has 0 bridgehead atoms. The van der Waals surface area contributed by atoms with E-state index in [0.717, 1.165) is 55.8 Å². The molecule has 0 atom stereocenters. The van der Waals surface area contributed by atoms with Crippen molar-refractivity contribution in [3.8, 4) is 5.75 Å². The maximum atomic E-state index is 12.4. The summed E-state index contributed by atoms with van der Waals surface area (Å²) in [4.78, 5) is 16.9. The van der Waals surface area contributed by atoms with Gasteiger partial charge in [0.1, 0.15) is 12.4 Å². The van der Waals surface area contributed by atoms with Crippen LogP contribution in [-0.4, -0.2) is 55.0 Å². The zero-order chi connectivity index (χ0) is 16.1. The Bertz CT molecular complexity index is 506. The van der Waals surface area contributed by atoms with E-state index in [0.29, 0.717) is 18.4 Å². The summed E-state index contributed by atoms with van der Waals surface area (Å²) in [5, 5.41) is 0. The lowest BCUT2D eigenvalue weighted by Gasteiger charge is -2.35. The quantitative estimate of drug-likeness (QED) is 0.786. The largest absolute Gasteiger partial charge is 0.492 e. The van der Waals surface area contributed by atoms with Crippen LogP contribution in [0.1, 0.15) is 25.7 Å². The zero-order valence-electron chi connectivity index (χ0n) is 13.5. The highest BCUT2D eigenvalue weighted by atomic mass is 79.9. The summed E-state index contributed by atoms with van der Waals surface area (Å²) >= 11 is 3.42. The molecule has 5 heteroatoms. The standard InChI is InChI=1S/C18H25BrN2O2/c19-16-5-7-17(8-6-16)23-14-13-20-9-11-21(12-10-20)18(22)15-3-1-2-4-15/h5-8,15H,1-4,9-14H2. The van der Waals surface area contributed by atoms with Crippen LogP contribution in [0.2, 0.25) is 0 Å². The Hall–Kier alpha value is -1.07. The molecule has 1 heterocycles. The molecule has 1 aromatic carbocycles. The molecule has 1 saturated carbocycles. The highest BCUT2D eigenvalue weighted by Gasteiger charge is 2.29. The maximum Gasteiger partial charge on any atom is 0.225 e. The molecule has 0 aromatic heterocycles. The number of hydrogen-bond donors (Lipinski definition) is 0. The summed E-state index contributed by atoms with van der Waals surface area (Å²) in [6, 6.07) is 7.93. The van der Waals surface area contributed by atoms with Crippen LogP contribution >= 0.6 is 15.9 Å². The lowest BCUT2D eigenvalue weighted by molar-refractivity contribution is -0.137. The van der Waals surface area contributed by atoms with Gasteiger partial charge in [-0.05, 0) is 37.1 Å². The molecule has 1 aliphatic carbocycles. The highest BCUT2D eigenvalue weighted by Crippen LogP contribution is 2.26. The lowest BCUT2D eigenvalue weighted by Crippen LogP contribution is -2.50. The first-order valence-electron chi connectivity index (χ1n) is 8.62. The molecule has 1 aromatic rings. The molecular formula is C18H25BrN2O2. The predicted octanol–water partition coefficient (Wildman–Crippen LogP) is 3.16. The molecular weight excluding hydrogens is 356 g/mol. The van der Waals surface area contributed by atoms with Crippen LogP contribution in [0.3, 0.4) is 0 Å². The number of carbonyl (C=O) groups is 1. The lowest BCUT2D eigenvalue weighted by atomic mass is 10.1. The van der Waals surface area contributed by atoms with Crippen molar-refractivity contribution >= 4 is 21.8 Å². The van der Waals surface area contributed by atoms with Gasteiger partial charge in [-0.15, -0.1) is 0 Å². The fourth-order valence-corrected chi connectivity index (χ4v) is 3.71. The number of halogens is 1. The van der Waals surface area contributed by atoms with Gasteiger partial charge in [-0.2, -0.15) is 0 Å². The van der Waals surface area contributed by atoms with Crippen LogP contribution in [0.15, 0.2) is 28.7 Å². The summed E-state index contributed by atoms with van der Waals surface area (Å²) in [6.07, 6.45) is 4.65. The van der Waals surface area contributed by atoms with Gasteiger partial charge in [0.05, 0.1) is 0 Å². The van der Waals surface area contributed by atoms with Gasteiger partial charge in [-0.3, -0.25) is 9.69 Å². The minimum Gasteiger partial charge on any atom is -0.492 e. The summed E-state index contributed by atoms with van der Waals surface area (Å²) in [5.41, 5.74) is 0. The first kappa shape index (κ1) is 16.8. The van der Waals surface area contributed by atoms with Gasteiger partial charge in [-0.1, -0.05) is 28.8 Å². The molecule has 0 radical (unpaired) electrons. The first-order chi connectivity index (χ1) is 11.2. The predicted molar refractivity (Wildman–Crippen MR) is 94.6 cm³/mol. The summed E-state index contributed by atoms with van der Waals surface area (Å²) < 4.78 is 6.84. The van der Waals surface area contributed by atoms with E-state index in [1.807, 2.05) is 24.3 Å². The van der Waals surface area contributed by atoms with Crippen molar-refractivity contribution in [1.82, 2.24) is 9.80 Å². The van der Waals surface area contributed by atoms with E-state index in [1.165, 1.54) is 12.8 Å². The van der Waals surface area contributed by atoms with E-state index in [2.05, 4.69) is 25.7 Å². The molecule has 3 rings (SSSR count). The van der Waals surface area contributed by atoms with Gasteiger partial charge in [0.25, 0.3) is 0 Å². The van der Waals surface area contributed by atoms with Crippen molar-refractivity contribution in [3.63, 3.8) is 0 Å². The summed E-state index contributed by atoms with van der Waals surface area (Å²) in [6.45, 7) is 5.27. The minimum atomic E-state index is 0.308. The van der Waals surface area contributed by atoms with E-state index in [9.17, 15) is 4.79 Å². The molecule has 2 fully saturated rings. The van der Waals surface area contributed by atoms with Crippen molar-refractivity contribution < 1.29 is 9.53 Å². The zero-order valence-corrected chi connectivity index (χ0v) is 15.1. The molecule has 1 amide bonds. The Morgan fingerprint density at radius 2 is 1.74 bits per heavy atom. The number of rotatable bonds is 5. The molecule has 2 aliphatic rings. The number of piperazine rings is 1. The molecule has 1 saturated heterocycles.